The molecule has 0 aromatic rings. The van der Waals surface area contributed by atoms with Crippen LogP contribution in [0.15, 0.2) is 0 Å². The Morgan fingerprint density at radius 3 is 2.53 bits per heavy atom. The molecule has 6 nitrogen and oxygen atoms in total. The molecule has 3 N–H and O–H groups in total. The Bertz CT molecular complexity index is 351. The Kier molecular flexibility index (Phi) is 4.42. The van der Waals surface area contributed by atoms with Crippen molar-refractivity contribution in [3.8, 4) is 0 Å². The minimum Gasteiger partial charge on any atom is -0.330 e. The van der Waals surface area contributed by atoms with Crippen LogP contribution >= 0.6 is 0 Å². The van der Waals surface area contributed by atoms with Crippen LogP contribution in [-0.4, -0.2) is 60.0 Å². The fourth-order valence-electron chi connectivity index (χ4n) is 2.88. The Hall–Kier alpha value is -1.14. The normalized spacial score (nSPS) is 23.2. The zero-order chi connectivity index (χ0) is 13.9. The number of unbranched alkanes of at least 4 members (excludes halogenated alkanes) is 1. The monoisotopic (exact) mass is 268 g/mol. The lowest BCUT2D eigenvalue weighted by Gasteiger charge is -2.36. The second-order valence-electron chi connectivity index (χ2n) is 5.40. The van der Waals surface area contributed by atoms with E-state index in [-0.39, 0.29) is 11.9 Å². The summed E-state index contributed by atoms with van der Waals surface area (Å²) in [7, 11) is 0. The second kappa shape index (κ2) is 5.88. The smallest absolute Gasteiger partial charge is 0.325 e. The van der Waals surface area contributed by atoms with Crippen LogP contribution in [0.3, 0.4) is 0 Å². The molecule has 2 aliphatic heterocycles. The third-order valence-electron chi connectivity index (χ3n) is 4.24. The summed E-state index contributed by atoms with van der Waals surface area (Å²) in [5, 5.41) is 2.92. The van der Waals surface area contributed by atoms with Crippen LogP contribution in [-0.2, 0) is 4.79 Å². The molecule has 0 aromatic heterocycles. The molecule has 2 saturated heterocycles. The van der Waals surface area contributed by atoms with Gasteiger partial charge in [0, 0.05) is 19.6 Å². The average molecular weight is 268 g/mol. The standard InChI is InChI=1S/C13H24N4O2/c1-2-16-9-5-13(6-10-16)11(18)17(12(19)15-13)8-4-3-7-14/h2-10,14H2,1H3,(H,15,19). The van der Waals surface area contributed by atoms with Crippen LogP contribution < -0.4 is 11.1 Å². The van der Waals surface area contributed by atoms with E-state index >= 15 is 0 Å². The van der Waals surface area contributed by atoms with E-state index in [1.165, 1.54) is 4.90 Å². The molecule has 0 unspecified atom stereocenters. The molecular weight excluding hydrogens is 244 g/mol. The van der Waals surface area contributed by atoms with Crippen LogP contribution in [0.4, 0.5) is 4.79 Å². The van der Waals surface area contributed by atoms with Gasteiger partial charge >= 0.3 is 6.03 Å². The third kappa shape index (κ3) is 2.74. The van der Waals surface area contributed by atoms with Crippen molar-refractivity contribution >= 4 is 11.9 Å². The number of likely N-dealkylation sites (tertiary alicyclic amines) is 1. The predicted octanol–water partition coefficient (Wildman–Crippen LogP) is 0.132. The summed E-state index contributed by atoms with van der Waals surface area (Å²) in [4.78, 5) is 28.1. The predicted molar refractivity (Wildman–Crippen MR) is 72.6 cm³/mol. The first-order chi connectivity index (χ1) is 9.13. The lowest BCUT2D eigenvalue weighted by molar-refractivity contribution is -0.133. The lowest BCUT2D eigenvalue weighted by atomic mass is 9.87. The molecule has 108 valence electrons. The Morgan fingerprint density at radius 2 is 1.95 bits per heavy atom. The molecular formula is C13H24N4O2. The van der Waals surface area contributed by atoms with Gasteiger partial charge in [-0.15, -0.1) is 0 Å². The maximum Gasteiger partial charge on any atom is 0.325 e. The number of urea groups is 1. The molecule has 2 fully saturated rings. The van der Waals surface area contributed by atoms with E-state index in [2.05, 4.69) is 17.1 Å². The number of hydrogen-bond donors (Lipinski definition) is 2. The van der Waals surface area contributed by atoms with Gasteiger partial charge in [-0.3, -0.25) is 9.69 Å². The summed E-state index contributed by atoms with van der Waals surface area (Å²) < 4.78 is 0. The summed E-state index contributed by atoms with van der Waals surface area (Å²) in [6, 6.07) is -0.230. The molecule has 19 heavy (non-hydrogen) atoms. The number of hydrogen-bond acceptors (Lipinski definition) is 4. The minimum absolute atomic E-state index is 0.0368. The Balaban J connectivity index is 1.97. The number of amides is 3. The number of rotatable bonds is 5. The molecule has 0 atom stereocenters. The summed E-state index contributed by atoms with van der Waals surface area (Å²) in [6.07, 6.45) is 3.07. The molecule has 6 heteroatoms. The average Bonchev–Trinajstić information content (AvgIpc) is 2.64. The Morgan fingerprint density at radius 1 is 1.26 bits per heavy atom. The van der Waals surface area contributed by atoms with Crippen molar-refractivity contribution in [3.63, 3.8) is 0 Å². The van der Waals surface area contributed by atoms with Gasteiger partial charge in [-0.25, -0.2) is 4.79 Å². The quantitative estimate of drug-likeness (QED) is 0.549. The van der Waals surface area contributed by atoms with Crippen LogP contribution in [0.25, 0.3) is 0 Å². The molecule has 3 amide bonds. The van der Waals surface area contributed by atoms with Gasteiger partial charge < -0.3 is 16.0 Å². The van der Waals surface area contributed by atoms with Crippen molar-refractivity contribution in [1.29, 1.82) is 0 Å². The van der Waals surface area contributed by atoms with Crippen LogP contribution in [0, 0.1) is 0 Å². The number of nitrogens with one attached hydrogen (secondary N) is 1. The van der Waals surface area contributed by atoms with Gasteiger partial charge in [0.05, 0.1) is 0 Å². The molecule has 2 rings (SSSR count). The largest absolute Gasteiger partial charge is 0.330 e. The zero-order valence-corrected chi connectivity index (χ0v) is 11.7. The van der Waals surface area contributed by atoms with Gasteiger partial charge in [0.15, 0.2) is 0 Å². The van der Waals surface area contributed by atoms with Crippen molar-refractivity contribution in [3.05, 3.63) is 0 Å². The van der Waals surface area contributed by atoms with E-state index in [9.17, 15) is 9.59 Å². The van der Waals surface area contributed by atoms with Gasteiger partial charge in [-0.05, 0) is 38.8 Å². The summed E-state index contributed by atoms with van der Waals surface area (Å²) >= 11 is 0. The molecule has 0 aliphatic carbocycles. The number of piperidine rings is 1. The van der Waals surface area contributed by atoms with Crippen LogP contribution in [0.1, 0.15) is 32.6 Å². The number of nitrogens with zero attached hydrogens (tertiary/aromatic N) is 2. The van der Waals surface area contributed by atoms with E-state index in [4.69, 9.17) is 5.73 Å². The maximum atomic E-state index is 12.5. The van der Waals surface area contributed by atoms with Crippen molar-refractivity contribution in [1.82, 2.24) is 15.1 Å². The van der Waals surface area contributed by atoms with Crippen LogP contribution in [0.5, 0.6) is 0 Å². The molecule has 2 heterocycles. The SMILES string of the molecule is CCN1CCC2(CC1)NC(=O)N(CCCCN)C2=O. The zero-order valence-electron chi connectivity index (χ0n) is 11.7. The molecule has 2 aliphatic rings. The highest BCUT2D eigenvalue weighted by molar-refractivity contribution is 6.07. The number of nitrogens with two attached hydrogens (primary N) is 1. The van der Waals surface area contributed by atoms with E-state index in [0.717, 1.165) is 45.3 Å². The number of carbonyl (C=O) groups is 2. The fraction of sp³-hybridized carbons (Fsp3) is 0.846. The number of carbonyl (C=O) groups excluding carboxylic acids is 2. The van der Waals surface area contributed by atoms with E-state index in [0.29, 0.717) is 13.1 Å². The van der Waals surface area contributed by atoms with Crippen molar-refractivity contribution in [2.75, 3.05) is 32.7 Å². The molecule has 1 spiro atoms. The molecule has 0 aromatic carbocycles. The fourth-order valence-corrected chi connectivity index (χ4v) is 2.88. The van der Waals surface area contributed by atoms with E-state index < -0.39 is 5.54 Å². The summed E-state index contributed by atoms with van der Waals surface area (Å²) in [6.45, 7) is 5.95. The second-order valence-corrected chi connectivity index (χ2v) is 5.40. The molecule has 0 saturated carbocycles. The molecule has 0 radical (unpaired) electrons. The van der Waals surface area contributed by atoms with Crippen molar-refractivity contribution < 1.29 is 9.59 Å². The maximum absolute atomic E-state index is 12.5. The van der Waals surface area contributed by atoms with Crippen LogP contribution in [0.2, 0.25) is 0 Å². The van der Waals surface area contributed by atoms with Gasteiger partial charge in [0.2, 0.25) is 0 Å². The Labute approximate surface area is 114 Å². The first kappa shape index (κ1) is 14.3. The van der Waals surface area contributed by atoms with Gasteiger partial charge in [-0.2, -0.15) is 0 Å². The highest BCUT2D eigenvalue weighted by Crippen LogP contribution is 2.29. The van der Waals surface area contributed by atoms with Crippen molar-refractivity contribution in [2.24, 2.45) is 5.73 Å². The highest BCUT2D eigenvalue weighted by atomic mass is 16.2. The van der Waals surface area contributed by atoms with Gasteiger partial charge in [0.1, 0.15) is 5.54 Å². The first-order valence-electron chi connectivity index (χ1n) is 7.19. The lowest BCUT2D eigenvalue weighted by Crippen LogP contribution is -2.54. The van der Waals surface area contributed by atoms with E-state index in [1.807, 2.05) is 0 Å². The highest BCUT2D eigenvalue weighted by Gasteiger charge is 2.51. The van der Waals surface area contributed by atoms with Crippen molar-refractivity contribution in [2.45, 2.75) is 38.1 Å². The minimum atomic E-state index is -0.633. The van der Waals surface area contributed by atoms with Gasteiger partial charge in [0.25, 0.3) is 5.91 Å². The number of imide groups is 1. The summed E-state index contributed by atoms with van der Waals surface area (Å²) in [5.41, 5.74) is 4.81. The first-order valence-corrected chi connectivity index (χ1v) is 7.19. The molecule has 0 bridgehead atoms. The topological polar surface area (TPSA) is 78.7 Å². The summed E-state index contributed by atoms with van der Waals surface area (Å²) in [5.74, 6) is -0.0368. The third-order valence-corrected chi connectivity index (χ3v) is 4.24. The van der Waals surface area contributed by atoms with Gasteiger partial charge in [-0.1, -0.05) is 6.92 Å². The van der Waals surface area contributed by atoms with E-state index in [1.54, 1.807) is 0 Å².